The molecule has 0 bridgehead atoms. The van der Waals surface area contributed by atoms with Gasteiger partial charge in [-0.1, -0.05) is 72.8 Å². The average molecular weight is 741 g/mol. The lowest BCUT2D eigenvalue weighted by atomic mass is 10.0. The van der Waals surface area contributed by atoms with Crippen molar-refractivity contribution in [2.75, 3.05) is 24.9 Å². The van der Waals surface area contributed by atoms with E-state index in [2.05, 4.69) is 20.9 Å². The number of aromatic nitrogens is 1. The molecule has 6 aromatic rings. The molecule has 0 spiro atoms. The summed E-state index contributed by atoms with van der Waals surface area (Å²) in [7, 11) is 3.16. The number of rotatable bonds is 13. The highest BCUT2D eigenvalue weighted by atomic mass is 32.2. The van der Waals surface area contributed by atoms with Gasteiger partial charge in [-0.2, -0.15) is 0 Å². The minimum Gasteiger partial charge on any atom is -0.493 e. The second-order valence-corrected chi connectivity index (χ2v) is 14.0. The number of nitrogens with zero attached hydrogens (tertiary/aromatic N) is 1. The highest BCUT2D eigenvalue weighted by Gasteiger charge is 2.18. The van der Waals surface area contributed by atoms with Crippen molar-refractivity contribution in [1.82, 2.24) is 10.3 Å². The zero-order chi connectivity index (χ0) is 37.2. The van der Waals surface area contributed by atoms with E-state index in [0.717, 1.165) is 27.1 Å². The topological polar surface area (TPSA) is 119 Å². The summed E-state index contributed by atoms with van der Waals surface area (Å²) in [6, 6.07) is 39.2. The van der Waals surface area contributed by atoms with Crippen molar-refractivity contribution in [3.63, 3.8) is 0 Å². The number of hydrogen-bond acceptors (Lipinski definition) is 8. The Morgan fingerprint density at radius 2 is 1.38 bits per heavy atom. The van der Waals surface area contributed by atoms with Gasteiger partial charge in [0.05, 0.1) is 25.2 Å². The lowest BCUT2D eigenvalue weighted by molar-refractivity contribution is -0.115. The third-order valence-corrected chi connectivity index (χ3v) is 9.94. The molecule has 0 aliphatic heterocycles. The van der Waals surface area contributed by atoms with Crippen LogP contribution in [0.15, 0.2) is 143 Å². The van der Waals surface area contributed by atoms with Crippen LogP contribution in [-0.4, -0.2) is 42.2 Å². The Balaban J connectivity index is 1.09. The molecule has 11 heteroatoms. The van der Waals surface area contributed by atoms with E-state index >= 15 is 0 Å². The van der Waals surface area contributed by atoms with Crippen molar-refractivity contribution in [2.45, 2.75) is 17.1 Å². The fraction of sp³-hybridized carbons (Fsp3) is 0.0952. The van der Waals surface area contributed by atoms with Gasteiger partial charge in [0.15, 0.2) is 16.6 Å². The Hall–Kier alpha value is -6.17. The molecule has 1 unspecified atom stereocenters. The van der Waals surface area contributed by atoms with Crippen LogP contribution >= 0.6 is 23.1 Å². The largest absolute Gasteiger partial charge is 0.493 e. The third kappa shape index (κ3) is 9.59. The molecule has 1 aromatic heterocycles. The average Bonchev–Trinajstić information content (AvgIpc) is 3.67. The fourth-order valence-electron chi connectivity index (χ4n) is 5.25. The van der Waals surface area contributed by atoms with E-state index in [1.165, 1.54) is 23.1 Å². The number of amides is 3. The first-order valence-corrected chi connectivity index (χ1v) is 18.4. The minimum absolute atomic E-state index is 0.0894. The van der Waals surface area contributed by atoms with Crippen molar-refractivity contribution in [2.24, 2.45) is 0 Å². The number of thioether (sulfide) groups is 1. The van der Waals surface area contributed by atoms with Crippen LogP contribution < -0.4 is 25.4 Å². The van der Waals surface area contributed by atoms with Crippen LogP contribution in [0.4, 0.5) is 10.8 Å². The van der Waals surface area contributed by atoms with Crippen LogP contribution in [0.25, 0.3) is 28.5 Å². The number of hydrogen-bond donors (Lipinski definition) is 3. The summed E-state index contributed by atoms with van der Waals surface area (Å²) in [4.78, 5) is 45.2. The maximum absolute atomic E-state index is 13.6. The first-order chi connectivity index (χ1) is 25.8. The predicted octanol–water partition coefficient (Wildman–Crippen LogP) is 9.02. The molecule has 3 amide bonds. The Morgan fingerprint density at radius 1 is 0.736 bits per heavy atom. The van der Waals surface area contributed by atoms with E-state index in [9.17, 15) is 14.4 Å². The maximum atomic E-state index is 13.6. The monoisotopic (exact) mass is 740 g/mol. The van der Waals surface area contributed by atoms with Gasteiger partial charge in [-0.15, -0.1) is 23.1 Å². The predicted molar refractivity (Wildman–Crippen MR) is 213 cm³/mol. The summed E-state index contributed by atoms with van der Waals surface area (Å²) < 4.78 is 10.7. The first kappa shape index (κ1) is 36.6. The highest BCUT2D eigenvalue weighted by molar-refractivity contribution is 8.00. The molecule has 3 N–H and O–H groups in total. The molecule has 1 atom stereocenters. The zero-order valence-corrected chi connectivity index (χ0v) is 30.8. The van der Waals surface area contributed by atoms with Gasteiger partial charge in [-0.05, 0) is 84.3 Å². The molecular formula is C42H36N4O5S2. The van der Waals surface area contributed by atoms with Crippen molar-refractivity contribution < 1.29 is 23.9 Å². The number of ether oxygens (including phenoxy) is 2. The number of benzene rings is 5. The number of thiazole rings is 1. The molecule has 9 nitrogen and oxygen atoms in total. The fourth-order valence-corrected chi connectivity index (χ4v) is 6.84. The highest BCUT2D eigenvalue weighted by Crippen LogP contribution is 2.34. The molecule has 0 saturated heterocycles. The Morgan fingerprint density at radius 3 is 2.06 bits per heavy atom. The number of carbonyl (C=O) groups is 3. The molecule has 0 fully saturated rings. The lowest BCUT2D eigenvalue weighted by Gasteiger charge is -2.13. The molecule has 0 aliphatic rings. The Labute approximate surface area is 316 Å². The zero-order valence-electron chi connectivity index (χ0n) is 29.2. The van der Waals surface area contributed by atoms with Crippen LogP contribution in [-0.2, 0) is 9.59 Å². The molecule has 5 aromatic carbocycles. The molecule has 0 saturated carbocycles. The summed E-state index contributed by atoms with van der Waals surface area (Å²) in [5, 5.41) is 10.5. The normalized spacial score (nSPS) is 11.6. The summed E-state index contributed by atoms with van der Waals surface area (Å²) in [6.45, 7) is 1.82. The Kier molecular flexibility index (Phi) is 12.0. The number of carbonyl (C=O) groups excluding carboxylic acids is 3. The van der Waals surface area contributed by atoms with Crippen molar-refractivity contribution >= 4 is 57.7 Å². The van der Waals surface area contributed by atoms with Gasteiger partial charge in [-0.3, -0.25) is 14.4 Å². The summed E-state index contributed by atoms with van der Waals surface area (Å²) in [6.07, 6.45) is 1.65. The second kappa shape index (κ2) is 17.4. The van der Waals surface area contributed by atoms with Crippen LogP contribution in [0.2, 0.25) is 0 Å². The van der Waals surface area contributed by atoms with E-state index < -0.39 is 17.1 Å². The van der Waals surface area contributed by atoms with Gasteiger partial charge in [-0.25, -0.2) is 4.98 Å². The smallest absolute Gasteiger partial charge is 0.272 e. The molecule has 6 rings (SSSR count). The maximum Gasteiger partial charge on any atom is 0.272 e. The van der Waals surface area contributed by atoms with Crippen molar-refractivity contribution in [3.8, 4) is 33.9 Å². The lowest BCUT2D eigenvalue weighted by Crippen LogP contribution is -2.30. The van der Waals surface area contributed by atoms with Gasteiger partial charge >= 0.3 is 0 Å². The van der Waals surface area contributed by atoms with E-state index in [1.807, 2.05) is 103 Å². The van der Waals surface area contributed by atoms with Gasteiger partial charge < -0.3 is 25.4 Å². The quantitative estimate of drug-likeness (QED) is 0.0799. The van der Waals surface area contributed by atoms with Crippen LogP contribution in [0.1, 0.15) is 22.8 Å². The SMILES string of the molecule is COc1ccc(-c2csc(NC(=O)C(C)Sc3ccc(NC(=O)/C(=C/c4ccc(-c5ccccc5)cc4)NC(=O)c4ccccc4)cc3)n2)cc1OC. The standard InChI is InChI=1S/C42H36N4O5S2/c1-27(39(47)46-42-45-36(26-52-42)32-18-23-37(50-2)38(25-32)51-3)53-34-21-19-33(20-22-34)43-41(49)35(44-40(48)31-12-8-5-9-13-31)24-28-14-16-30(17-15-28)29-10-6-4-7-11-29/h4-27H,1-3H3,(H,43,49)(H,44,48)(H,45,46,47)/b35-24-. The summed E-state index contributed by atoms with van der Waals surface area (Å²) in [5.41, 5.74) is 5.46. The van der Waals surface area contributed by atoms with Gasteiger partial charge in [0.1, 0.15) is 5.70 Å². The van der Waals surface area contributed by atoms with Gasteiger partial charge in [0.25, 0.3) is 11.8 Å². The van der Waals surface area contributed by atoms with E-state index in [4.69, 9.17) is 9.47 Å². The first-order valence-electron chi connectivity index (χ1n) is 16.6. The number of methoxy groups -OCH3 is 2. The third-order valence-electron chi connectivity index (χ3n) is 8.07. The second-order valence-electron chi connectivity index (χ2n) is 11.7. The molecule has 0 radical (unpaired) electrons. The minimum atomic E-state index is -0.481. The van der Waals surface area contributed by atoms with Crippen molar-refractivity contribution in [3.05, 3.63) is 150 Å². The molecule has 266 valence electrons. The summed E-state index contributed by atoms with van der Waals surface area (Å²) >= 11 is 2.71. The molecule has 0 aliphatic carbocycles. The number of nitrogens with one attached hydrogen (secondary N) is 3. The van der Waals surface area contributed by atoms with Crippen LogP contribution in [0.5, 0.6) is 11.5 Å². The summed E-state index contributed by atoms with van der Waals surface area (Å²) in [5.74, 6) is 0.140. The molecule has 1 heterocycles. The molecule has 53 heavy (non-hydrogen) atoms. The van der Waals surface area contributed by atoms with Crippen molar-refractivity contribution in [1.29, 1.82) is 0 Å². The van der Waals surface area contributed by atoms with Crippen LogP contribution in [0.3, 0.4) is 0 Å². The van der Waals surface area contributed by atoms with E-state index in [0.29, 0.717) is 33.6 Å². The number of anilines is 2. The molecular weight excluding hydrogens is 705 g/mol. The van der Waals surface area contributed by atoms with E-state index in [1.54, 1.807) is 56.7 Å². The van der Waals surface area contributed by atoms with Crippen LogP contribution in [0, 0.1) is 0 Å². The van der Waals surface area contributed by atoms with E-state index in [-0.39, 0.29) is 11.6 Å². The Bertz CT molecular complexity index is 2220. The van der Waals surface area contributed by atoms with Gasteiger partial charge in [0, 0.05) is 27.1 Å². The van der Waals surface area contributed by atoms with Gasteiger partial charge in [0.2, 0.25) is 5.91 Å².